The van der Waals surface area contributed by atoms with Crippen molar-refractivity contribution in [3.8, 4) is 6.07 Å². The van der Waals surface area contributed by atoms with E-state index in [0.29, 0.717) is 38.6 Å². The summed E-state index contributed by atoms with van der Waals surface area (Å²) in [5.41, 5.74) is 2.59. The van der Waals surface area contributed by atoms with Gasteiger partial charge in [0.05, 0.1) is 25.6 Å². The number of pyridine rings is 1. The van der Waals surface area contributed by atoms with E-state index in [2.05, 4.69) is 9.97 Å². The maximum absolute atomic E-state index is 8.62. The van der Waals surface area contributed by atoms with Gasteiger partial charge in [0.2, 0.25) is 0 Å². The van der Waals surface area contributed by atoms with Crippen molar-refractivity contribution in [2.24, 2.45) is 0 Å². The van der Waals surface area contributed by atoms with Gasteiger partial charge in [0.25, 0.3) is 5.98 Å². The van der Waals surface area contributed by atoms with Crippen molar-refractivity contribution in [3.05, 3.63) is 23.7 Å². The molecule has 0 fully saturated rings. The van der Waals surface area contributed by atoms with Crippen molar-refractivity contribution in [2.45, 2.75) is 53.7 Å². The Kier molecular flexibility index (Phi) is 13.8. The Bertz CT molecular complexity index is 819. The van der Waals surface area contributed by atoms with Crippen molar-refractivity contribution in [3.63, 3.8) is 0 Å². The first-order valence-electron chi connectivity index (χ1n) is 10.0. The monoisotopic (exact) mass is 439 g/mol. The molecule has 2 aromatic rings. The minimum atomic E-state index is -1.34. The average Bonchev–Trinajstić information content (AvgIpc) is 3.09. The average molecular weight is 439 g/mol. The van der Waals surface area contributed by atoms with Crippen LogP contribution in [0.2, 0.25) is 0 Å². The van der Waals surface area contributed by atoms with E-state index in [1.807, 2.05) is 44.4 Å². The number of aromatic nitrogens is 3. The van der Waals surface area contributed by atoms with Crippen LogP contribution in [0.15, 0.2) is 12.3 Å². The molecule has 2 rings (SSSR count). The molecule has 0 spiro atoms. The fourth-order valence-electron chi connectivity index (χ4n) is 2.33. The Labute approximate surface area is 179 Å². The molecule has 0 aliphatic heterocycles. The third-order valence-corrected chi connectivity index (χ3v) is 4.77. The first-order valence-corrected chi connectivity index (χ1v) is 11.3. The summed E-state index contributed by atoms with van der Waals surface area (Å²) in [6.07, 6.45) is 2.97. The molecule has 1 unspecified atom stereocenters. The molecule has 1 atom stereocenters. The predicted molar refractivity (Wildman–Crippen MR) is 117 cm³/mol. The molecule has 0 N–H and O–H groups in total. The zero-order chi connectivity index (χ0) is 22.2. The third-order valence-electron chi connectivity index (χ3n) is 3.52. The molecule has 0 saturated carbocycles. The van der Waals surface area contributed by atoms with Crippen LogP contribution >= 0.6 is 8.00 Å². The zero-order valence-electron chi connectivity index (χ0n) is 18.5. The fraction of sp³-hybridized carbons (Fsp3) is 0.600. The van der Waals surface area contributed by atoms with Crippen LogP contribution in [0.4, 0.5) is 0 Å². The smallest absolute Gasteiger partial charge is 0.316 e. The van der Waals surface area contributed by atoms with Crippen LogP contribution in [0.3, 0.4) is 0 Å². The topological polar surface area (TPSA) is 101 Å². The van der Waals surface area contributed by atoms with E-state index in [4.69, 9.17) is 28.8 Å². The maximum Gasteiger partial charge on any atom is 0.457 e. The second-order valence-electron chi connectivity index (χ2n) is 5.82. The molecule has 0 aliphatic carbocycles. The molecule has 2 heterocycles. The van der Waals surface area contributed by atoms with Gasteiger partial charge >= 0.3 is 8.00 Å². The van der Waals surface area contributed by atoms with Gasteiger partial charge in [-0.1, -0.05) is 20.8 Å². The SMILES string of the molecule is CC.CCCOOCc1nc2cc(C)cnc2n1CCO[P+](=COC)OCCC#N. The fourth-order valence-corrected chi connectivity index (χ4v) is 3.23. The van der Waals surface area contributed by atoms with Crippen LogP contribution in [0.25, 0.3) is 11.2 Å². The highest BCUT2D eigenvalue weighted by Gasteiger charge is 2.17. The number of methoxy groups -OCH3 is 1. The van der Waals surface area contributed by atoms with Crippen molar-refractivity contribution in [1.29, 1.82) is 5.26 Å². The molecule has 0 radical (unpaired) electrons. The number of hydrogen-bond acceptors (Lipinski definition) is 8. The largest absolute Gasteiger partial charge is 0.457 e. The third kappa shape index (κ3) is 8.84. The van der Waals surface area contributed by atoms with Gasteiger partial charge in [0.15, 0.2) is 5.65 Å². The lowest BCUT2D eigenvalue weighted by molar-refractivity contribution is -0.305. The van der Waals surface area contributed by atoms with E-state index in [-0.39, 0.29) is 6.61 Å². The van der Waals surface area contributed by atoms with Crippen LogP contribution < -0.4 is 0 Å². The summed E-state index contributed by atoms with van der Waals surface area (Å²) in [6, 6.07) is 4.01. The van der Waals surface area contributed by atoms with Crippen molar-refractivity contribution < 1.29 is 23.6 Å². The highest BCUT2D eigenvalue weighted by Crippen LogP contribution is 2.26. The van der Waals surface area contributed by atoms with E-state index >= 15 is 0 Å². The van der Waals surface area contributed by atoms with Gasteiger partial charge in [-0.15, -0.1) is 9.05 Å². The molecule has 10 heteroatoms. The van der Waals surface area contributed by atoms with Gasteiger partial charge in [-0.2, -0.15) is 5.26 Å². The lowest BCUT2D eigenvalue weighted by Crippen LogP contribution is -2.10. The predicted octanol–water partition coefficient (Wildman–Crippen LogP) is 4.29. The summed E-state index contributed by atoms with van der Waals surface area (Å²) >= 11 is 0. The number of imidazole rings is 1. The Morgan fingerprint density at radius 1 is 1.20 bits per heavy atom. The number of ether oxygens (including phenoxy) is 1. The van der Waals surface area contributed by atoms with E-state index < -0.39 is 8.00 Å². The van der Waals surface area contributed by atoms with E-state index in [0.717, 1.165) is 23.1 Å². The number of aryl methyl sites for hydroxylation is 1. The van der Waals surface area contributed by atoms with Crippen LogP contribution in [0.5, 0.6) is 0 Å². The molecule has 166 valence electrons. The Morgan fingerprint density at radius 2 is 1.97 bits per heavy atom. The molecule has 0 aliphatic rings. The second-order valence-corrected chi connectivity index (χ2v) is 7.12. The number of rotatable bonds is 13. The normalized spacial score (nSPS) is 11.3. The van der Waals surface area contributed by atoms with Crippen molar-refractivity contribution in [1.82, 2.24) is 14.5 Å². The van der Waals surface area contributed by atoms with Gasteiger partial charge in [0.1, 0.15) is 31.2 Å². The van der Waals surface area contributed by atoms with Gasteiger partial charge < -0.3 is 9.30 Å². The number of fused-ring (bicyclic) bond motifs is 1. The minimum Gasteiger partial charge on any atom is -0.316 e. The molecule has 0 amide bonds. The highest BCUT2D eigenvalue weighted by molar-refractivity contribution is 7.46. The maximum atomic E-state index is 8.62. The van der Waals surface area contributed by atoms with Gasteiger partial charge in [0, 0.05) is 13.3 Å². The van der Waals surface area contributed by atoms with Crippen molar-refractivity contribution in [2.75, 3.05) is 26.9 Å². The zero-order valence-corrected chi connectivity index (χ0v) is 19.4. The molecule has 2 aromatic heterocycles. The molecular weight excluding hydrogens is 407 g/mol. The molecule has 30 heavy (non-hydrogen) atoms. The van der Waals surface area contributed by atoms with E-state index in [1.165, 1.54) is 13.1 Å². The molecule has 0 saturated heterocycles. The van der Waals surface area contributed by atoms with E-state index in [9.17, 15) is 0 Å². The minimum absolute atomic E-state index is 0.215. The molecule has 9 nitrogen and oxygen atoms in total. The Hall–Kier alpha value is -1.92. The summed E-state index contributed by atoms with van der Waals surface area (Å²) in [6.45, 7) is 9.90. The van der Waals surface area contributed by atoms with Gasteiger partial charge in [-0.05, 0) is 25.0 Å². The summed E-state index contributed by atoms with van der Waals surface area (Å²) in [4.78, 5) is 19.5. The number of nitrogens with zero attached hydrogens (tertiary/aromatic N) is 4. The summed E-state index contributed by atoms with van der Waals surface area (Å²) in [5, 5.41) is 8.62. The molecule has 0 aromatic carbocycles. The quantitative estimate of drug-likeness (QED) is 0.197. The van der Waals surface area contributed by atoms with Gasteiger partial charge in [-0.25, -0.2) is 19.7 Å². The number of nitriles is 1. The second kappa shape index (κ2) is 15.9. The standard InChI is InChI=1S/C18H26N4O5P.C2H6/c1-4-8-24-25-13-17-21-16-11-15(2)12-20-18(16)22(17)7-10-27-28(14-23-3)26-9-5-6-19;1-2/h11-12,14H,4-5,7-10,13H2,1-3H3;1-2H3/q+1;. The van der Waals surface area contributed by atoms with Crippen LogP contribution in [-0.2, 0) is 36.7 Å². The van der Waals surface area contributed by atoms with Crippen LogP contribution in [-0.4, -0.2) is 47.4 Å². The van der Waals surface area contributed by atoms with Crippen molar-refractivity contribution >= 4 is 25.1 Å². The van der Waals surface area contributed by atoms with Crippen LogP contribution in [0.1, 0.15) is 45.0 Å². The highest BCUT2D eigenvalue weighted by atomic mass is 31.1. The summed E-state index contributed by atoms with van der Waals surface area (Å²) in [7, 11) is 0.199. The summed E-state index contributed by atoms with van der Waals surface area (Å²) in [5.74, 6) is 2.21. The first kappa shape index (κ1) is 26.1. The van der Waals surface area contributed by atoms with Crippen LogP contribution in [0, 0.1) is 18.3 Å². The van der Waals surface area contributed by atoms with Gasteiger partial charge in [-0.3, -0.25) is 0 Å². The molecule has 0 bridgehead atoms. The Balaban J connectivity index is 0.00000218. The lowest BCUT2D eigenvalue weighted by Gasteiger charge is -2.07. The Morgan fingerprint density at radius 3 is 2.67 bits per heavy atom. The molecular formula is C20H32N4O5P+. The summed E-state index contributed by atoms with van der Waals surface area (Å²) < 4.78 is 18.3. The first-order chi connectivity index (χ1) is 14.7. The van der Waals surface area contributed by atoms with E-state index in [1.54, 1.807) is 6.20 Å². The lowest BCUT2D eigenvalue weighted by atomic mass is 10.3. The number of hydrogen-bond donors (Lipinski definition) is 0.